The summed E-state index contributed by atoms with van der Waals surface area (Å²) in [5.41, 5.74) is 2.74. The molecule has 0 saturated carbocycles. The van der Waals surface area contributed by atoms with Gasteiger partial charge in [-0.3, -0.25) is 39.1 Å². The standard InChI is InChI=1S/C47H53ClN6O7/c48-39-29-36(18-13-32(39)30-49)61-37-27-34-16-17-35(28-37)53(34)45(57)31-11-14-33(15-12-31)52-24-22-51(23-25-52)21-6-4-2-1-3-5-7-26-60-41-10-8-9-38-43(41)47(59)54(46(38)58)40-19-20-42(55)50-44(40)56/h8-15,18,29,34-35,37,40H,1-7,16-17,19-28H2,(H,50,55,56). The molecule has 4 fully saturated rings. The number of piperazine rings is 1. The van der Waals surface area contributed by atoms with E-state index in [1.165, 1.54) is 19.3 Å². The number of halogens is 1. The molecule has 2 bridgehead atoms. The third-order valence-electron chi connectivity index (χ3n) is 12.9. The number of benzene rings is 3. The normalized spacial score (nSPS) is 22.6. The Hall–Kier alpha value is -5.45. The molecule has 0 radical (unpaired) electrons. The molecule has 4 saturated heterocycles. The Morgan fingerprint density at radius 2 is 1.52 bits per heavy atom. The van der Waals surface area contributed by atoms with Crippen molar-refractivity contribution in [3.05, 3.63) is 87.9 Å². The molecule has 5 heterocycles. The highest BCUT2D eigenvalue weighted by Crippen LogP contribution is 2.39. The zero-order valence-electron chi connectivity index (χ0n) is 34.5. The van der Waals surface area contributed by atoms with Gasteiger partial charge < -0.3 is 19.3 Å². The lowest BCUT2D eigenvalue weighted by Crippen LogP contribution is -2.54. The van der Waals surface area contributed by atoms with Gasteiger partial charge in [-0.2, -0.15) is 5.26 Å². The van der Waals surface area contributed by atoms with Crippen molar-refractivity contribution < 1.29 is 33.4 Å². The summed E-state index contributed by atoms with van der Waals surface area (Å²) in [6.45, 7) is 5.51. The van der Waals surface area contributed by atoms with Crippen molar-refractivity contribution in [3.63, 3.8) is 0 Å². The van der Waals surface area contributed by atoms with Crippen LogP contribution in [0.3, 0.4) is 0 Å². The minimum absolute atomic E-state index is 0.00976. The highest BCUT2D eigenvalue weighted by Gasteiger charge is 2.46. The summed E-state index contributed by atoms with van der Waals surface area (Å²) < 4.78 is 12.2. The molecule has 320 valence electrons. The third kappa shape index (κ3) is 9.41. The SMILES string of the molecule is N#Cc1ccc(OC2CC3CCC(C2)N3C(=O)c2ccc(N3CCN(CCCCCCCCCOc4cccc5c4C(=O)N(C4CCC(=O)NC4=O)C5=O)CC3)cc2)cc1Cl. The quantitative estimate of drug-likeness (QED) is 0.121. The number of hydrogen-bond acceptors (Lipinski definition) is 10. The lowest BCUT2D eigenvalue weighted by molar-refractivity contribution is -0.136. The van der Waals surface area contributed by atoms with Gasteiger partial charge in [0.15, 0.2) is 0 Å². The first kappa shape index (κ1) is 42.2. The summed E-state index contributed by atoms with van der Waals surface area (Å²) in [6.07, 6.45) is 11.4. The van der Waals surface area contributed by atoms with E-state index < -0.39 is 29.7 Å². The molecule has 3 aromatic rings. The monoisotopic (exact) mass is 848 g/mol. The number of carbonyl (C=O) groups excluding carboxylic acids is 5. The van der Waals surface area contributed by atoms with E-state index in [4.69, 9.17) is 26.3 Å². The second kappa shape index (κ2) is 19.1. The van der Waals surface area contributed by atoms with Crippen LogP contribution >= 0.6 is 11.6 Å². The molecule has 5 aliphatic rings. The number of rotatable bonds is 16. The second-order valence-corrected chi connectivity index (χ2v) is 17.3. The Morgan fingerprint density at radius 1 is 0.820 bits per heavy atom. The van der Waals surface area contributed by atoms with Crippen LogP contribution in [-0.4, -0.2) is 108 Å². The van der Waals surface area contributed by atoms with Gasteiger partial charge >= 0.3 is 0 Å². The van der Waals surface area contributed by atoms with Crippen LogP contribution in [0.15, 0.2) is 60.7 Å². The molecule has 0 aliphatic carbocycles. The van der Waals surface area contributed by atoms with Gasteiger partial charge in [0, 0.05) is 74.8 Å². The highest BCUT2D eigenvalue weighted by molar-refractivity contribution is 6.31. The maximum atomic E-state index is 13.7. The predicted octanol–water partition coefficient (Wildman–Crippen LogP) is 6.76. The minimum atomic E-state index is -0.998. The Balaban J connectivity index is 0.686. The molecule has 14 heteroatoms. The molecule has 5 aliphatic heterocycles. The van der Waals surface area contributed by atoms with Gasteiger partial charge in [-0.15, -0.1) is 0 Å². The van der Waals surface area contributed by atoms with Gasteiger partial charge in [-0.1, -0.05) is 49.8 Å². The smallest absolute Gasteiger partial charge is 0.266 e. The van der Waals surface area contributed by atoms with Gasteiger partial charge in [-0.25, -0.2) is 0 Å². The number of carbonyl (C=O) groups is 5. The summed E-state index contributed by atoms with van der Waals surface area (Å²) in [6, 6.07) is 19.7. The van der Waals surface area contributed by atoms with Gasteiger partial charge in [-0.05, 0) is 87.2 Å². The van der Waals surface area contributed by atoms with Crippen LogP contribution in [0.5, 0.6) is 11.5 Å². The van der Waals surface area contributed by atoms with Crippen molar-refractivity contribution in [1.29, 1.82) is 5.26 Å². The van der Waals surface area contributed by atoms with E-state index in [2.05, 4.69) is 38.2 Å². The lowest BCUT2D eigenvalue weighted by atomic mass is 9.98. The molecule has 5 amide bonds. The number of imide groups is 2. The van der Waals surface area contributed by atoms with Crippen molar-refractivity contribution >= 4 is 46.8 Å². The fourth-order valence-electron chi connectivity index (χ4n) is 9.71. The largest absolute Gasteiger partial charge is 0.493 e. The number of nitriles is 1. The van der Waals surface area contributed by atoms with Crippen LogP contribution in [0.4, 0.5) is 5.69 Å². The first-order chi connectivity index (χ1) is 29.7. The number of nitrogens with one attached hydrogen (secondary N) is 1. The third-order valence-corrected chi connectivity index (χ3v) is 13.3. The van der Waals surface area contributed by atoms with Crippen molar-refractivity contribution in [1.82, 2.24) is 20.0 Å². The number of amides is 5. The minimum Gasteiger partial charge on any atom is -0.493 e. The zero-order chi connectivity index (χ0) is 42.5. The zero-order valence-corrected chi connectivity index (χ0v) is 35.2. The molecule has 3 aromatic carbocycles. The number of ether oxygens (including phenoxy) is 2. The molecule has 3 atom stereocenters. The van der Waals surface area contributed by atoms with E-state index in [1.54, 1.807) is 36.4 Å². The van der Waals surface area contributed by atoms with Crippen molar-refractivity contribution in [3.8, 4) is 17.6 Å². The first-order valence-electron chi connectivity index (χ1n) is 21.9. The molecular weight excluding hydrogens is 796 g/mol. The average Bonchev–Trinajstić information content (AvgIpc) is 3.68. The fraction of sp³-hybridized carbons (Fsp3) is 0.489. The Labute approximate surface area is 361 Å². The Kier molecular flexibility index (Phi) is 13.2. The number of piperidine rings is 2. The molecule has 1 N–H and O–H groups in total. The summed E-state index contributed by atoms with van der Waals surface area (Å²) in [5.74, 6) is -0.994. The molecule has 61 heavy (non-hydrogen) atoms. The Morgan fingerprint density at radius 3 is 2.21 bits per heavy atom. The highest BCUT2D eigenvalue weighted by atomic mass is 35.5. The van der Waals surface area contributed by atoms with E-state index in [0.717, 1.165) is 100 Å². The average molecular weight is 849 g/mol. The summed E-state index contributed by atoms with van der Waals surface area (Å²) in [5, 5.41) is 11.8. The van der Waals surface area contributed by atoms with E-state index in [1.807, 2.05) is 12.1 Å². The first-order valence-corrected chi connectivity index (χ1v) is 22.3. The predicted molar refractivity (Wildman–Crippen MR) is 229 cm³/mol. The van der Waals surface area contributed by atoms with Crippen LogP contribution in [0, 0.1) is 11.3 Å². The summed E-state index contributed by atoms with van der Waals surface area (Å²) in [4.78, 5) is 72.0. The number of fused-ring (bicyclic) bond motifs is 3. The van der Waals surface area contributed by atoms with Crippen LogP contribution < -0.4 is 19.7 Å². The number of unbranched alkanes of at least 4 members (excludes halogenated alkanes) is 6. The second-order valence-electron chi connectivity index (χ2n) is 16.9. The van der Waals surface area contributed by atoms with Crippen LogP contribution in [-0.2, 0) is 9.59 Å². The van der Waals surface area contributed by atoms with E-state index >= 15 is 0 Å². The van der Waals surface area contributed by atoms with Crippen LogP contribution in [0.25, 0.3) is 0 Å². The lowest BCUT2D eigenvalue weighted by Gasteiger charge is -2.39. The Bertz CT molecular complexity index is 2170. The summed E-state index contributed by atoms with van der Waals surface area (Å²) >= 11 is 6.22. The number of hydrogen-bond donors (Lipinski definition) is 1. The van der Waals surface area contributed by atoms with Gasteiger partial charge in [0.05, 0.1) is 28.3 Å². The maximum Gasteiger partial charge on any atom is 0.266 e. The molecule has 0 spiro atoms. The molecule has 13 nitrogen and oxygen atoms in total. The molecular formula is C47H53ClN6O7. The molecule has 3 unspecified atom stereocenters. The van der Waals surface area contributed by atoms with Crippen molar-refractivity contribution in [2.45, 2.75) is 108 Å². The van der Waals surface area contributed by atoms with Crippen molar-refractivity contribution in [2.75, 3.05) is 44.2 Å². The van der Waals surface area contributed by atoms with Crippen molar-refractivity contribution in [2.24, 2.45) is 0 Å². The molecule has 8 rings (SSSR count). The van der Waals surface area contributed by atoms with E-state index in [9.17, 15) is 24.0 Å². The van der Waals surface area contributed by atoms with Gasteiger partial charge in [0.2, 0.25) is 11.8 Å². The topological polar surface area (TPSA) is 153 Å². The van der Waals surface area contributed by atoms with Crippen LogP contribution in [0.1, 0.15) is 120 Å². The van der Waals surface area contributed by atoms with Crippen LogP contribution in [0.2, 0.25) is 5.02 Å². The maximum absolute atomic E-state index is 13.7. The number of anilines is 1. The van der Waals surface area contributed by atoms with E-state index in [0.29, 0.717) is 28.7 Å². The fourth-order valence-corrected chi connectivity index (χ4v) is 9.92. The number of nitrogens with zero attached hydrogens (tertiary/aromatic N) is 5. The molecule has 0 aromatic heterocycles. The van der Waals surface area contributed by atoms with E-state index in [-0.39, 0.29) is 48.1 Å². The summed E-state index contributed by atoms with van der Waals surface area (Å²) in [7, 11) is 0. The van der Waals surface area contributed by atoms with Gasteiger partial charge in [0.1, 0.15) is 29.7 Å². The van der Waals surface area contributed by atoms with Gasteiger partial charge in [0.25, 0.3) is 17.7 Å².